The molecule has 1 fully saturated rings. The lowest BCUT2D eigenvalue weighted by Crippen LogP contribution is -2.40. The molecule has 20 heavy (non-hydrogen) atoms. The van der Waals surface area contributed by atoms with E-state index in [2.05, 4.69) is 11.9 Å². The molecule has 0 spiro atoms. The predicted molar refractivity (Wildman–Crippen MR) is 83.6 cm³/mol. The van der Waals surface area contributed by atoms with Gasteiger partial charge in [0.2, 0.25) is 0 Å². The Bertz CT molecular complexity index is 500. The van der Waals surface area contributed by atoms with Crippen molar-refractivity contribution in [3.05, 3.63) is 29.6 Å². The van der Waals surface area contributed by atoms with Crippen molar-refractivity contribution in [1.29, 1.82) is 0 Å². The monoisotopic (exact) mass is 291 g/mol. The number of pyridine rings is 1. The Hall–Kier alpha value is -1.49. The average Bonchev–Trinajstić information content (AvgIpc) is 2.46. The number of rotatable bonds is 3. The summed E-state index contributed by atoms with van der Waals surface area (Å²) in [5, 5.41) is 0. The number of nitrogens with two attached hydrogens (primary N) is 1. The lowest BCUT2D eigenvalue weighted by Gasteiger charge is -2.34. The van der Waals surface area contributed by atoms with Crippen molar-refractivity contribution in [2.24, 2.45) is 11.7 Å². The Morgan fingerprint density at radius 1 is 1.45 bits per heavy atom. The Balaban J connectivity index is 2.07. The number of hydrogen-bond donors (Lipinski definition) is 1. The molecule has 2 atom stereocenters. The third-order valence-corrected chi connectivity index (χ3v) is 4.28. The Morgan fingerprint density at radius 3 is 2.75 bits per heavy atom. The molecule has 5 heteroatoms. The fourth-order valence-corrected chi connectivity index (χ4v) is 2.89. The second-order valence-corrected chi connectivity index (χ2v) is 6.08. The molecule has 1 saturated carbocycles. The van der Waals surface area contributed by atoms with Crippen molar-refractivity contribution in [2.45, 2.75) is 38.6 Å². The van der Waals surface area contributed by atoms with Gasteiger partial charge in [0.1, 0.15) is 10.7 Å². The van der Waals surface area contributed by atoms with Crippen molar-refractivity contribution in [1.82, 2.24) is 9.88 Å². The van der Waals surface area contributed by atoms with Gasteiger partial charge in [-0.1, -0.05) is 32.0 Å². The molecule has 0 saturated heterocycles. The van der Waals surface area contributed by atoms with Gasteiger partial charge >= 0.3 is 0 Å². The second-order valence-electron chi connectivity index (χ2n) is 5.64. The molecule has 0 radical (unpaired) electrons. The van der Waals surface area contributed by atoms with E-state index in [9.17, 15) is 4.79 Å². The van der Waals surface area contributed by atoms with Crippen LogP contribution in [0.15, 0.2) is 18.3 Å². The maximum atomic E-state index is 12.4. The number of carbonyl (C=O) groups excluding carboxylic acids is 1. The van der Waals surface area contributed by atoms with Crippen LogP contribution in [0.3, 0.4) is 0 Å². The predicted octanol–water partition coefficient (Wildman–Crippen LogP) is 2.37. The lowest BCUT2D eigenvalue weighted by molar-refractivity contribution is 0.0666. The number of nitrogens with zero attached hydrogens (tertiary/aromatic N) is 2. The normalized spacial score (nSPS) is 22.3. The van der Waals surface area contributed by atoms with Crippen LogP contribution < -0.4 is 5.73 Å². The van der Waals surface area contributed by atoms with Crippen LogP contribution in [-0.4, -0.2) is 33.9 Å². The number of carbonyl (C=O) groups is 1. The van der Waals surface area contributed by atoms with E-state index < -0.39 is 0 Å². The highest BCUT2D eigenvalue weighted by atomic mass is 32.1. The molecule has 1 aliphatic carbocycles. The molecule has 1 aliphatic rings. The van der Waals surface area contributed by atoms with Crippen molar-refractivity contribution < 1.29 is 4.79 Å². The number of hydrogen-bond acceptors (Lipinski definition) is 3. The molecule has 1 amide bonds. The zero-order valence-corrected chi connectivity index (χ0v) is 12.8. The smallest absolute Gasteiger partial charge is 0.272 e. The summed E-state index contributed by atoms with van der Waals surface area (Å²) in [6.07, 6.45) is 6.17. The number of aromatic nitrogens is 1. The average molecular weight is 291 g/mol. The molecule has 1 aromatic heterocycles. The van der Waals surface area contributed by atoms with Crippen LogP contribution >= 0.6 is 12.2 Å². The van der Waals surface area contributed by atoms with Gasteiger partial charge in [0.25, 0.3) is 5.91 Å². The van der Waals surface area contributed by atoms with Crippen LogP contribution in [0.1, 0.15) is 48.7 Å². The van der Waals surface area contributed by atoms with Gasteiger partial charge < -0.3 is 10.6 Å². The topological polar surface area (TPSA) is 59.2 Å². The highest BCUT2D eigenvalue weighted by molar-refractivity contribution is 7.80. The zero-order chi connectivity index (χ0) is 14.7. The fraction of sp³-hybridized carbons (Fsp3) is 0.533. The van der Waals surface area contributed by atoms with Crippen LogP contribution in [-0.2, 0) is 0 Å². The molecule has 0 aliphatic heterocycles. The highest BCUT2D eigenvalue weighted by Gasteiger charge is 2.26. The first kappa shape index (κ1) is 14.9. The van der Waals surface area contributed by atoms with E-state index in [1.807, 2.05) is 11.9 Å². The molecule has 2 unspecified atom stereocenters. The second kappa shape index (κ2) is 6.31. The molecule has 2 N–H and O–H groups in total. The minimum atomic E-state index is -0.0291. The van der Waals surface area contributed by atoms with E-state index in [-0.39, 0.29) is 5.91 Å². The summed E-state index contributed by atoms with van der Waals surface area (Å²) in [7, 11) is 1.87. The van der Waals surface area contributed by atoms with Gasteiger partial charge in [-0.3, -0.25) is 9.78 Å². The van der Waals surface area contributed by atoms with Crippen LogP contribution in [0.5, 0.6) is 0 Å². The van der Waals surface area contributed by atoms with Gasteiger partial charge in [0.05, 0.1) is 0 Å². The van der Waals surface area contributed by atoms with E-state index in [4.69, 9.17) is 18.0 Å². The van der Waals surface area contributed by atoms with E-state index in [1.165, 1.54) is 12.8 Å². The molecule has 1 heterocycles. The van der Waals surface area contributed by atoms with E-state index >= 15 is 0 Å². The molecular formula is C15H21N3OS. The van der Waals surface area contributed by atoms with Crippen LogP contribution in [0.25, 0.3) is 0 Å². The highest BCUT2D eigenvalue weighted by Crippen LogP contribution is 2.27. The first-order valence-electron chi connectivity index (χ1n) is 7.02. The molecule has 1 aromatic rings. The maximum absolute atomic E-state index is 12.4. The van der Waals surface area contributed by atoms with Crippen LogP contribution in [0.2, 0.25) is 0 Å². The minimum absolute atomic E-state index is 0.0291. The molecule has 108 valence electrons. The Kier molecular flexibility index (Phi) is 4.70. The van der Waals surface area contributed by atoms with Gasteiger partial charge in [-0.15, -0.1) is 0 Å². The molecular weight excluding hydrogens is 270 g/mol. The lowest BCUT2D eigenvalue weighted by atomic mass is 9.86. The van der Waals surface area contributed by atoms with E-state index in [0.29, 0.717) is 28.2 Å². The van der Waals surface area contributed by atoms with Crippen molar-refractivity contribution >= 4 is 23.1 Å². The number of amides is 1. The Morgan fingerprint density at radius 2 is 2.20 bits per heavy atom. The van der Waals surface area contributed by atoms with Crippen LogP contribution in [0.4, 0.5) is 0 Å². The molecule has 2 rings (SSSR count). The third kappa shape index (κ3) is 3.33. The van der Waals surface area contributed by atoms with Crippen molar-refractivity contribution in [3.8, 4) is 0 Å². The van der Waals surface area contributed by atoms with Gasteiger partial charge in [-0.05, 0) is 30.9 Å². The molecule has 0 bridgehead atoms. The quantitative estimate of drug-likeness (QED) is 0.869. The van der Waals surface area contributed by atoms with Crippen LogP contribution in [0, 0.1) is 5.92 Å². The summed E-state index contributed by atoms with van der Waals surface area (Å²) in [6.45, 7) is 2.25. The van der Waals surface area contributed by atoms with Gasteiger partial charge in [-0.25, -0.2) is 0 Å². The molecule has 0 aromatic carbocycles. The summed E-state index contributed by atoms with van der Waals surface area (Å²) in [4.78, 5) is 18.7. The minimum Gasteiger partial charge on any atom is -0.389 e. The van der Waals surface area contributed by atoms with Gasteiger partial charge in [0, 0.05) is 24.8 Å². The first-order valence-corrected chi connectivity index (χ1v) is 7.43. The largest absolute Gasteiger partial charge is 0.389 e. The van der Waals surface area contributed by atoms with Crippen molar-refractivity contribution in [3.63, 3.8) is 0 Å². The summed E-state index contributed by atoms with van der Waals surface area (Å²) in [5.74, 6) is 0.660. The number of thiocarbonyl (C=S) groups is 1. The third-order valence-electron chi connectivity index (χ3n) is 4.04. The zero-order valence-electron chi connectivity index (χ0n) is 12.0. The first-order chi connectivity index (χ1) is 9.49. The SMILES string of the molecule is CC1CCCC(N(C)C(=O)c2ccc(C(N)=S)cn2)C1. The van der Waals surface area contributed by atoms with E-state index in [1.54, 1.807) is 18.3 Å². The fourth-order valence-electron chi connectivity index (χ4n) is 2.77. The van der Waals surface area contributed by atoms with Gasteiger partial charge in [0.15, 0.2) is 0 Å². The Labute approximate surface area is 125 Å². The van der Waals surface area contributed by atoms with Gasteiger partial charge in [-0.2, -0.15) is 0 Å². The van der Waals surface area contributed by atoms with Crippen molar-refractivity contribution in [2.75, 3.05) is 7.05 Å². The standard InChI is InChI=1S/C15H21N3OS/c1-10-4-3-5-12(8-10)18(2)15(19)13-7-6-11(9-17-13)14(16)20/h6-7,9-10,12H,3-5,8H2,1-2H3,(H2,16,20). The summed E-state index contributed by atoms with van der Waals surface area (Å²) in [5.41, 5.74) is 6.66. The maximum Gasteiger partial charge on any atom is 0.272 e. The van der Waals surface area contributed by atoms with E-state index in [0.717, 1.165) is 12.8 Å². The summed E-state index contributed by atoms with van der Waals surface area (Å²) in [6, 6.07) is 3.77. The summed E-state index contributed by atoms with van der Waals surface area (Å²) < 4.78 is 0. The summed E-state index contributed by atoms with van der Waals surface area (Å²) >= 11 is 4.88. The molecule has 4 nitrogen and oxygen atoms in total.